The van der Waals surface area contributed by atoms with Gasteiger partial charge in [-0.1, -0.05) is 18.2 Å². The first-order chi connectivity index (χ1) is 10.9. The Bertz CT molecular complexity index is 690. The Morgan fingerprint density at radius 3 is 2.39 bits per heavy atom. The maximum absolute atomic E-state index is 13.6. The van der Waals surface area contributed by atoms with Gasteiger partial charge >= 0.3 is 0 Å². The summed E-state index contributed by atoms with van der Waals surface area (Å²) in [6.45, 7) is 0. The van der Waals surface area contributed by atoms with Crippen LogP contribution < -0.4 is 0 Å². The lowest BCUT2D eigenvalue weighted by Crippen LogP contribution is -2.49. The zero-order valence-corrected chi connectivity index (χ0v) is 14.1. The number of carbonyl (C=O) groups is 1. The molecule has 1 aromatic carbocycles. The number of piperidine rings is 1. The summed E-state index contributed by atoms with van der Waals surface area (Å²) in [6.07, 6.45) is 4.78. The van der Waals surface area contributed by atoms with Crippen LogP contribution in [0, 0.1) is 5.82 Å². The molecule has 4 nitrogen and oxygen atoms in total. The summed E-state index contributed by atoms with van der Waals surface area (Å²) in [7, 11) is -3.05. The monoisotopic (exact) mass is 339 g/mol. The first kappa shape index (κ1) is 16.4. The van der Waals surface area contributed by atoms with Gasteiger partial charge in [-0.3, -0.25) is 4.79 Å². The average molecular weight is 339 g/mol. The first-order valence-corrected chi connectivity index (χ1v) is 10.0. The van der Waals surface area contributed by atoms with Crippen LogP contribution in [0.1, 0.15) is 37.7 Å². The topological polar surface area (TPSA) is 54.5 Å². The van der Waals surface area contributed by atoms with Crippen molar-refractivity contribution in [1.29, 1.82) is 0 Å². The Labute approximate surface area is 136 Å². The Balaban J connectivity index is 1.64. The highest BCUT2D eigenvalue weighted by molar-refractivity contribution is 7.91. The molecule has 0 radical (unpaired) electrons. The summed E-state index contributed by atoms with van der Waals surface area (Å²) in [5, 5.41) is -0.324. The number of carbonyl (C=O) groups excluding carboxylic acids is 1. The standard InChI is InChI=1S/C17H22FNO3S/c1-23(21,22)15-10-13-7-8-14(11-15)19(13)17(20)9-6-12-4-2-3-5-16(12)18/h2-5,13-15H,6-11H2,1H3. The van der Waals surface area contributed by atoms with Crippen LogP contribution >= 0.6 is 0 Å². The summed E-state index contributed by atoms with van der Waals surface area (Å²) < 4.78 is 37.2. The molecule has 2 unspecified atom stereocenters. The van der Waals surface area contributed by atoms with Gasteiger partial charge in [0.05, 0.1) is 5.25 Å². The summed E-state index contributed by atoms with van der Waals surface area (Å²) in [5.74, 6) is -0.258. The fraction of sp³-hybridized carbons (Fsp3) is 0.588. The van der Waals surface area contributed by atoms with E-state index in [4.69, 9.17) is 0 Å². The van der Waals surface area contributed by atoms with Crippen molar-refractivity contribution >= 4 is 15.7 Å². The summed E-state index contributed by atoms with van der Waals surface area (Å²) in [4.78, 5) is 14.4. The van der Waals surface area contributed by atoms with Gasteiger partial charge in [-0.15, -0.1) is 0 Å². The molecule has 2 aliphatic rings. The molecule has 2 saturated heterocycles. The second kappa shape index (κ2) is 6.23. The van der Waals surface area contributed by atoms with Crippen LogP contribution in [0.15, 0.2) is 24.3 Å². The lowest BCUT2D eigenvalue weighted by atomic mass is 10.0. The molecule has 2 heterocycles. The van der Waals surface area contributed by atoms with Crippen molar-refractivity contribution in [3.63, 3.8) is 0 Å². The molecule has 0 saturated carbocycles. The number of nitrogens with zero attached hydrogens (tertiary/aromatic N) is 1. The molecular weight excluding hydrogens is 317 g/mol. The van der Waals surface area contributed by atoms with Gasteiger partial charge in [-0.05, 0) is 43.7 Å². The van der Waals surface area contributed by atoms with E-state index in [0.717, 1.165) is 12.8 Å². The third-order valence-electron chi connectivity index (χ3n) is 5.15. The number of fused-ring (bicyclic) bond motifs is 2. The lowest BCUT2D eigenvalue weighted by Gasteiger charge is -2.38. The van der Waals surface area contributed by atoms with Gasteiger partial charge < -0.3 is 4.90 Å². The molecule has 126 valence electrons. The van der Waals surface area contributed by atoms with E-state index in [1.165, 1.54) is 12.3 Å². The molecule has 1 aromatic rings. The van der Waals surface area contributed by atoms with Gasteiger partial charge in [0.1, 0.15) is 15.7 Å². The smallest absolute Gasteiger partial charge is 0.223 e. The Kier molecular flexibility index (Phi) is 4.45. The molecule has 2 aliphatic heterocycles. The van der Waals surface area contributed by atoms with Crippen molar-refractivity contribution in [2.75, 3.05) is 6.26 Å². The quantitative estimate of drug-likeness (QED) is 0.846. The summed E-state index contributed by atoms with van der Waals surface area (Å²) in [5.41, 5.74) is 0.555. The Morgan fingerprint density at radius 2 is 1.83 bits per heavy atom. The van der Waals surface area contributed by atoms with Gasteiger partial charge in [-0.25, -0.2) is 12.8 Å². The summed E-state index contributed by atoms with van der Waals surface area (Å²) >= 11 is 0. The highest BCUT2D eigenvalue weighted by Crippen LogP contribution is 2.38. The average Bonchev–Trinajstić information content (AvgIpc) is 2.75. The van der Waals surface area contributed by atoms with Gasteiger partial charge in [-0.2, -0.15) is 0 Å². The van der Waals surface area contributed by atoms with Gasteiger partial charge in [0.15, 0.2) is 0 Å². The van der Waals surface area contributed by atoms with E-state index in [-0.39, 0.29) is 35.5 Å². The van der Waals surface area contributed by atoms with Gasteiger partial charge in [0.25, 0.3) is 0 Å². The second-order valence-corrected chi connectivity index (χ2v) is 9.03. The van der Waals surface area contributed by atoms with Crippen LogP contribution in [0.3, 0.4) is 0 Å². The third kappa shape index (κ3) is 3.42. The van der Waals surface area contributed by atoms with Crippen LogP contribution in [0.4, 0.5) is 4.39 Å². The summed E-state index contributed by atoms with van der Waals surface area (Å²) in [6, 6.07) is 6.57. The van der Waals surface area contributed by atoms with Crippen molar-refractivity contribution in [3.8, 4) is 0 Å². The molecule has 6 heteroatoms. The minimum Gasteiger partial charge on any atom is -0.337 e. The predicted octanol–water partition coefficient (Wildman–Crippen LogP) is 2.32. The first-order valence-electron chi connectivity index (χ1n) is 8.09. The molecule has 0 N–H and O–H groups in total. The van der Waals surface area contributed by atoms with Crippen molar-refractivity contribution < 1.29 is 17.6 Å². The molecule has 2 atom stereocenters. The van der Waals surface area contributed by atoms with Crippen LogP contribution in [0.5, 0.6) is 0 Å². The lowest BCUT2D eigenvalue weighted by molar-refractivity contribution is -0.135. The zero-order chi connectivity index (χ0) is 16.6. The molecular formula is C17H22FNO3S. The molecule has 23 heavy (non-hydrogen) atoms. The van der Waals surface area contributed by atoms with Gasteiger partial charge in [0.2, 0.25) is 5.91 Å². The van der Waals surface area contributed by atoms with E-state index in [9.17, 15) is 17.6 Å². The number of hydrogen-bond donors (Lipinski definition) is 0. The van der Waals surface area contributed by atoms with E-state index < -0.39 is 9.84 Å². The number of rotatable bonds is 4. The molecule has 0 aliphatic carbocycles. The number of amides is 1. The highest BCUT2D eigenvalue weighted by Gasteiger charge is 2.45. The molecule has 1 amide bonds. The molecule has 2 bridgehead atoms. The zero-order valence-electron chi connectivity index (χ0n) is 13.2. The normalized spacial score (nSPS) is 27.2. The number of hydrogen-bond acceptors (Lipinski definition) is 3. The van der Waals surface area contributed by atoms with Crippen LogP contribution in [-0.4, -0.2) is 42.8 Å². The van der Waals surface area contributed by atoms with E-state index in [1.54, 1.807) is 18.2 Å². The van der Waals surface area contributed by atoms with Crippen LogP contribution in [0.2, 0.25) is 0 Å². The van der Waals surface area contributed by atoms with Crippen molar-refractivity contribution in [2.45, 2.75) is 55.9 Å². The fourth-order valence-corrected chi connectivity index (χ4v) is 5.10. The van der Waals surface area contributed by atoms with E-state index in [0.29, 0.717) is 24.8 Å². The predicted molar refractivity (Wildman–Crippen MR) is 86.2 cm³/mol. The Morgan fingerprint density at radius 1 is 1.22 bits per heavy atom. The molecule has 2 fully saturated rings. The fourth-order valence-electron chi connectivity index (χ4n) is 3.96. The maximum atomic E-state index is 13.6. The number of benzene rings is 1. The van der Waals surface area contributed by atoms with Gasteiger partial charge in [0, 0.05) is 24.8 Å². The third-order valence-corrected chi connectivity index (χ3v) is 6.75. The number of sulfone groups is 1. The second-order valence-electron chi connectivity index (χ2n) is 6.70. The minimum absolute atomic E-state index is 0.0210. The molecule has 0 aromatic heterocycles. The van der Waals surface area contributed by atoms with Crippen molar-refractivity contribution in [3.05, 3.63) is 35.6 Å². The van der Waals surface area contributed by atoms with Crippen molar-refractivity contribution in [2.24, 2.45) is 0 Å². The SMILES string of the molecule is CS(=O)(=O)C1CC2CCC(C1)N2C(=O)CCc1ccccc1F. The van der Waals surface area contributed by atoms with E-state index >= 15 is 0 Å². The largest absolute Gasteiger partial charge is 0.337 e. The number of aryl methyl sites for hydroxylation is 1. The van der Waals surface area contributed by atoms with Crippen LogP contribution in [-0.2, 0) is 21.1 Å². The number of halogens is 1. The van der Waals surface area contributed by atoms with E-state index in [2.05, 4.69) is 0 Å². The minimum atomic E-state index is -3.05. The van der Waals surface area contributed by atoms with Crippen molar-refractivity contribution in [1.82, 2.24) is 4.90 Å². The van der Waals surface area contributed by atoms with E-state index in [1.807, 2.05) is 4.90 Å². The molecule has 3 rings (SSSR count). The molecule has 0 spiro atoms. The van der Waals surface area contributed by atoms with Crippen LogP contribution in [0.25, 0.3) is 0 Å². The highest BCUT2D eigenvalue weighted by atomic mass is 32.2. The Hall–Kier alpha value is -1.43. The maximum Gasteiger partial charge on any atom is 0.223 e.